The van der Waals surface area contributed by atoms with E-state index in [9.17, 15) is 0 Å². The molecule has 1 unspecified atom stereocenters. The van der Waals surface area contributed by atoms with Gasteiger partial charge in [-0.2, -0.15) is 0 Å². The van der Waals surface area contributed by atoms with Gasteiger partial charge >= 0.3 is 0 Å². The van der Waals surface area contributed by atoms with Gasteiger partial charge < -0.3 is 9.13 Å². The van der Waals surface area contributed by atoms with Gasteiger partial charge in [0.25, 0.3) is 0 Å². The molecular weight excluding hydrogens is 753 g/mol. The zero-order chi connectivity index (χ0) is 41.0. The topological polar surface area (TPSA) is 35.6 Å². The lowest BCUT2D eigenvalue weighted by molar-refractivity contribution is 0.838. The molecule has 3 aromatic heterocycles. The molecule has 0 spiro atoms. The molecule has 0 amide bonds. The minimum absolute atomic E-state index is 0.228. The Hall–Kier alpha value is -8.08. The Kier molecular flexibility index (Phi) is 8.60. The van der Waals surface area contributed by atoms with Crippen molar-refractivity contribution in [1.82, 2.24) is 19.1 Å². The standard InChI is InChI=1S/C58H40N4/c1-4-16-39(17-5-1)52-38-53(60-58(59-52)40-18-6-2-7-19-40)45-22-14-20-41(34-45)43-31-33-56-51(36-43)49-27-11-13-29-55(49)62(56)47-25-15-21-42(35-47)44-30-32-50-48-26-10-12-28-54(48)61(57(50)37-44)46-23-8-3-9-24-46/h1-34,36-38,42H,35H2. The molecule has 1 atom stereocenters. The third-order valence-corrected chi connectivity index (χ3v) is 12.5. The predicted octanol–water partition coefficient (Wildman–Crippen LogP) is 14.9. The summed E-state index contributed by atoms with van der Waals surface area (Å²) in [4.78, 5) is 10.1. The lowest BCUT2D eigenvalue weighted by Crippen LogP contribution is -2.06. The van der Waals surface area contributed by atoms with E-state index in [-0.39, 0.29) is 5.92 Å². The monoisotopic (exact) mass is 792 g/mol. The Morgan fingerprint density at radius 3 is 1.74 bits per heavy atom. The molecule has 1 aliphatic rings. The minimum Gasteiger partial charge on any atom is -0.313 e. The molecule has 0 fully saturated rings. The van der Waals surface area contributed by atoms with Crippen LogP contribution >= 0.6 is 0 Å². The zero-order valence-electron chi connectivity index (χ0n) is 33.9. The van der Waals surface area contributed by atoms with Crippen molar-refractivity contribution in [1.29, 1.82) is 0 Å². The van der Waals surface area contributed by atoms with Crippen LogP contribution in [-0.4, -0.2) is 19.1 Å². The van der Waals surface area contributed by atoms with Crippen molar-refractivity contribution in [3.05, 3.63) is 230 Å². The van der Waals surface area contributed by atoms with Crippen LogP contribution in [0.25, 0.3) is 100 Å². The first-order valence-corrected chi connectivity index (χ1v) is 21.3. The van der Waals surface area contributed by atoms with Gasteiger partial charge in [0.05, 0.1) is 33.5 Å². The summed E-state index contributed by atoms with van der Waals surface area (Å²) in [7, 11) is 0. The van der Waals surface area contributed by atoms with Gasteiger partial charge in [-0.3, -0.25) is 0 Å². The minimum atomic E-state index is 0.228. The highest BCUT2D eigenvalue weighted by Crippen LogP contribution is 2.41. The maximum absolute atomic E-state index is 5.12. The van der Waals surface area contributed by atoms with E-state index in [1.165, 1.54) is 66.1 Å². The van der Waals surface area contributed by atoms with E-state index in [1.807, 2.05) is 24.3 Å². The van der Waals surface area contributed by atoms with Crippen LogP contribution in [-0.2, 0) is 0 Å². The molecule has 62 heavy (non-hydrogen) atoms. The molecule has 0 radical (unpaired) electrons. The average molecular weight is 793 g/mol. The normalized spacial score (nSPS) is 13.9. The van der Waals surface area contributed by atoms with Gasteiger partial charge in [0.2, 0.25) is 0 Å². The second-order valence-electron chi connectivity index (χ2n) is 16.2. The lowest BCUT2D eigenvalue weighted by atomic mass is 9.90. The second kappa shape index (κ2) is 14.9. The number of rotatable bonds is 7. The number of benzene rings is 8. The number of hydrogen-bond donors (Lipinski definition) is 0. The Morgan fingerprint density at radius 1 is 0.387 bits per heavy atom. The van der Waals surface area contributed by atoms with Gasteiger partial charge in [0.15, 0.2) is 5.82 Å². The molecule has 4 nitrogen and oxygen atoms in total. The zero-order valence-corrected chi connectivity index (χ0v) is 33.9. The first-order chi connectivity index (χ1) is 30.7. The molecule has 3 heterocycles. The van der Waals surface area contributed by atoms with Gasteiger partial charge in [-0.25, -0.2) is 9.97 Å². The summed E-state index contributed by atoms with van der Waals surface area (Å²) >= 11 is 0. The van der Waals surface area contributed by atoms with E-state index in [0.29, 0.717) is 5.82 Å². The first kappa shape index (κ1) is 35.8. The SMILES string of the molecule is C1=CC(c2ccc3c4ccccc4n(-c4ccccc4)c3c2)CC(n2c3ccccc3c3cc(-c4cccc(-c5cc(-c6ccccc6)nc(-c6ccccc6)n5)c4)ccc32)=C1. The van der Waals surface area contributed by atoms with Crippen molar-refractivity contribution >= 4 is 49.3 Å². The summed E-state index contributed by atoms with van der Waals surface area (Å²) in [5.74, 6) is 0.943. The summed E-state index contributed by atoms with van der Waals surface area (Å²) in [6.45, 7) is 0. The summed E-state index contributed by atoms with van der Waals surface area (Å²) in [5, 5.41) is 5.04. The Morgan fingerprint density at radius 2 is 0.968 bits per heavy atom. The van der Waals surface area contributed by atoms with E-state index >= 15 is 0 Å². The van der Waals surface area contributed by atoms with E-state index in [2.05, 4.69) is 209 Å². The van der Waals surface area contributed by atoms with Crippen molar-refractivity contribution in [2.45, 2.75) is 12.3 Å². The van der Waals surface area contributed by atoms with Gasteiger partial charge in [0, 0.05) is 55.5 Å². The molecule has 8 aromatic carbocycles. The molecule has 0 saturated heterocycles. The summed E-state index contributed by atoms with van der Waals surface area (Å²) in [6, 6.07) is 73.8. The Bertz CT molecular complexity index is 3480. The van der Waals surface area contributed by atoms with Crippen molar-refractivity contribution in [2.75, 3.05) is 0 Å². The van der Waals surface area contributed by atoms with E-state index in [1.54, 1.807) is 0 Å². The molecule has 292 valence electrons. The van der Waals surface area contributed by atoms with Crippen molar-refractivity contribution in [2.24, 2.45) is 0 Å². The smallest absolute Gasteiger partial charge is 0.160 e. The van der Waals surface area contributed by atoms with Gasteiger partial charge in [-0.1, -0.05) is 164 Å². The molecule has 1 aliphatic carbocycles. The lowest BCUT2D eigenvalue weighted by Gasteiger charge is -2.22. The molecule has 0 bridgehead atoms. The maximum Gasteiger partial charge on any atom is 0.160 e. The van der Waals surface area contributed by atoms with Crippen LogP contribution in [0.3, 0.4) is 0 Å². The highest BCUT2D eigenvalue weighted by molar-refractivity contribution is 6.12. The van der Waals surface area contributed by atoms with E-state index < -0.39 is 0 Å². The molecule has 0 aliphatic heterocycles. The second-order valence-corrected chi connectivity index (χ2v) is 16.2. The number of hydrogen-bond acceptors (Lipinski definition) is 2. The van der Waals surface area contributed by atoms with Gasteiger partial charge in [-0.05, 0) is 83.8 Å². The number of para-hydroxylation sites is 3. The molecule has 4 heteroatoms. The third kappa shape index (κ3) is 6.15. The fraction of sp³-hybridized carbons (Fsp3) is 0.0345. The summed E-state index contributed by atoms with van der Waals surface area (Å²) in [6.07, 6.45) is 7.80. The highest BCUT2D eigenvalue weighted by Gasteiger charge is 2.22. The summed E-state index contributed by atoms with van der Waals surface area (Å²) < 4.78 is 4.90. The van der Waals surface area contributed by atoms with Crippen LogP contribution in [0, 0.1) is 0 Å². The maximum atomic E-state index is 5.12. The van der Waals surface area contributed by atoms with E-state index in [0.717, 1.165) is 40.1 Å². The molecule has 0 N–H and O–H groups in total. The molecule has 11 aromatic rings. The Balaban J connectivity index is 0.916. The predicted molar refractivity (Wildman–Crippen MR) is 258 cm³/mol. The quantitative estimate of drug-likeness (QED) is 0.161. The number of nitrogens with zero attached hydrogens (tertiary/aromatic N) is 4. The van der Waals surface area contributed by atoms with Crippen LogP contribution in [0.2, 0.25) is 0 Å². The van der Waals surface area contributed by atoms with Crippen LogP contribution < -0.4 is 0 Å². The van der Waals surface area contributed by atoms with Crippen LogP contribution in [0.1, 0.15) is 17.9 Å². The first-order valence-electron chi connectivity index (χ1n) is 21.3. The van der Waals surface area contributed by atoms with Crippen molar-refractivity contribution in [3.8, 4) is 50.7 Å². The Labute approximate surface area is 360 Å². The highest BCUT2D eigenvalue weighted by atomic mass is 15.0. The van der Waals surface area contributed by atoms with Crippen LogP contribution in [0.5, 0.6) is 0 Å². The number of aromatic nitrogens is 4. The fourth-order valence-electron chi connectivity index (χ4n) is 9.52. The molecule has 12 rings (SSSR count). The van der Waals surface area contributed by atoms with E-state index in [4.69, 9.17) is 9.97 Å². The number of allylic oxidation sites excluding steroid dienone is 4. The third-order valence-electron chi connectivity index (χ3n) is 12.5. The van der Waals surface area contributed by atoms with Crippen LogP contribution in [0.15, 0.2) is 224 Å². The fourth-order valence-corrected chi connectivity index (χ4v) is 9.52. The molecule has 0 saturated carbocycles. The van der Waals surface area contributed by atoms with Gasteiger partial charge in [-0.15, -0.1) is 0 Å². The molecular formula is C58H40N4. The van der Waals surface area contributed by atoms with Crippen molar-refractivity contribution in [3.63, 3.8) is 0 Å². The van der Waals surface area contributed by atoms with Gasteiger partial charge in [0.1, 0.15) is 0 Å². The summed E-state index contributed by atoms with van der Waals surface area (Å²) in [5.41, 5.74) is 15.9. The number of fused-ring (bicyclic) bond motifs is 6. The van der Waals surface area contributed by atoms with Crippen molar-refractivity contribution < 1.29 is 0 Å². The average Bonchev–Trinajstić information content (AvgIpc) is 3.87. The van der Waals surface area contributed by atoms with Crippen LogP contribution in [0.4, 0.5) is 0 Å². The largest absolute Gasteiger partial charge is 0.313 e.